The zero-order valence-electron chi connectivity index (χ0n) is 17.9. The second kappa shape index (κ2) is 9.76. The van der Waals surface area contributed by atoms with E-state index in [0.717, 1.165) is 29.2 Å². The Morgan fingerprint density at radius 2 is 1.78 bits per heavy atom. The minimum absolute atomic E-state index is 0.0550. The quantitative estimate of drug-likeness (QED) is 0.253. The predicted molar refractivity (Wildman–Crippen MR) is 127 cm³/mol. The summed E-state index contributed by atoms with van der Waals surface area (Å²) >= 11 is 12.3. The molecule has 36 heavy (non-hydrogen) atoms. The molecule has 0 radical (unpaired) electrons. The van der Waals surface area contributed by atoms with Crippen molar-refractivity contribution in [1.29, 1.82) is 0 Å². The summed E-state index contributed by atoms with van der Waals surface area (Å²) in [6, 6.07) is 11.7. The Hall–Kier alpha value is -3.67. The van der Waals surface area contributed by atoms with E-state index in [1.54, 1.807) is 0 Å². The smallest absolute Gasteiger partial charge is 0.325 e. The number of aliphatic hydroxyl groups is 3. The molecular formula is C24H15Cl2F2N3O5. The molecule has 3 aromatic carbocycles. The maximum absolute atomic E-state index is 14.5. The molecule has 0 fully saturated rings. The number of nitrogens with zero attached hydrogens (tertiary/aromatic N) is 3. The van der Waals surface area contributed by atoms with Gasteiger partial charge < -0.3 is 15.3 Å². The SMILES string of the molecule is O=Cc1ccc(Cl)c(-c2ccc(N(C(=O)c3c(F)cccc3Cl)C(O)(O)O)c(-n3cc(F)cn3)c2)c1. The second-order valence-electron chi connectivity index (χ2n) is 7.50. The molecule has 4 aromatic rings. The van der Waals surface area contributed by atoms with E-state index in [4.69, 9.17) is 23.2 Å². The number of carbonyl (C=O) groups is 2. The summed E-state index contributed by atoms with van der Waals surface area (Å²) in [6.45, 7) is 0. The van der Waals surface area contributed by atoms with Crippen molar-refractivity contribution in [1.82, 2.24) is 9.78 Å². The van der Waals surface area contributed by atoms with E-state index in [1.807, 2.05) is 0 Å². The highest BCUT2D eigenvalue weighted by Crippen LogP contribution is 2.37. The topological polar surface area (TPSA) is 116 Å². The number of hydrogen-bond donors (Lipinski definition) is 3. The fourth-order valence-electron chi connectivity index (χ4n) is 3.55. The molecule has 0 unspecified atom stereocenters. The largest absolute Gasteiger partial charge is 0.376 e. The number of rotatable bonds is 6. The van der Waals surface area contributed by atoms with Gasteiger partial charge in [-0.1, -0.05) is 41.4 Å². The summed E-state index contributed by atoms with van der Waals surface area (Å²) in [5.74, 6) is -3.29. The van der Waals surface area contributed by atoms with Crippen LogP contribution >= 0.6 is 23.2 Å². The van der Waals surface area contributed by atoms with Crippen LogP contribution in [0.4, 0.5) is 14.5 Å². The minimum atomic E-state index is -3.85. The van der Waals surface area contributed by atoms with Gasteiger partial charge in [-0.3, -0.25) is 9.59 Å². The van der Waals surface area contributed by atoms with Gasteiger partial charge in [0.25, 0.3) is 5.91 Å². The molecule has 1 aromatic heterocycles. The van der Waals surface area contributed by atoms with E-state index >= 15 is 0 Å². The van der Waals surface area contributed by atoms with Crippen LogP contribution in [0.25, 0.3) is 16.8 Å². The Labute approximate surface area is 212 Å². The molecule has 0 atom stereocenters. The van der Waals surface area contributed by atoms with Gasteiger partial charge >= 0.3 is 6.10 Å². The second-order valence-corrected chi connectivity index (χ2v) is 8.32. The lowest BCUT2D eigenvalue weighted by atomic mass is 10.0. The summed E-state index contributed by atoms with van der Waals surface area (Å²) < 4.78 is 29.3. The Bertz CT molecular complexity index is 1470. The first-order valence-electron chi connectivity index (χ1n) is 10.1. The van der Waals surface area contributed by atoms with Crippen molar-refractivity contribution in [2.24, 2.45) is 0 Å². The minimum Gasteiger partial charge on any atom is -0.325 e. The summed E-state index contributed by atoms with van der Waals surface area (Å²) in [5.41, 5.74) is -0.290. The van der Waals surface area contributed by atoms with Gasteiger partial charge in [0.15, 0.2) is 5.82 Å². The molecule has 4 rings (SSSR count). The van der Waals surface area contributed by atoms with Gasteiger partial charge in [-0.2, -0.15) is 5.10 Å². The van der Waals surface area contributed by atoms with Crippen LogP contribution in [-0.4, -0.2) is 43.4 Å². The molecule has 0 saturated carbocycles. The van der Waals surface area contributed by atoms with Crippen LogP contribution in [0.5, 0.6) is 0 Å². The number of aldehydes is 1. The number of amides is 1. The summed E-state index contributed by atoms with van der Waals surface area (Å²) in [5, 5.41) is 34.0. The van der Waals surface area contributed by atoms with Crippen molar-refractivity contribution in [3.8, 4) is 16.8 Å². The van der Waals surface area contributed by atoms with Crippen molar-refractivity contribution in [2.45, 2.75) is 6.10 Å². The molecule has 1 heterocycles. The van der Waals surface area contributed by atoms with E-state index in [-0.39, 0.29) is 20.6 Å². The highest BCUT2D eigenvalue weighted by atomic mass is 35.5. The van der Waals surface area contributed by atoms with Crippen molar-refractivity contribution in [3.05, 3.63) is 99.8 Å². The highest BCUT2D eigenvalue weighted by molar-refractivity contribution is 6.35. The molecule has 1 amide bonds. The monoisotopic (exact) mass is 533 g/mol. The van der Waals surface area contributed by atoms with Crippen molar-refractivity contribution < 1.29 is 33.7 Å². The van der Waals surface area contributed by atoms with E-state index < -0.39 is 34.9 Å². The number of halogens is 4. The lowest BCUT2D eigenvalue weighted by Gasteiger charge is -2.32. The van der Waals surface area contributed by atoms with Gasteiger partial charge in [0.1, 0.15) is 12.1 Å². The average molecular weight is 534 g/mol. The van der Waals surface area contributed by atoms with E-state index in [9.17, 15) is 33.7 Å². The third kappa shape index (κ3) is 4.85. The fraction of sp³-hybridized carbons (Fsp3) is 0.0417. The zero-order chi connectivity index (χ0) is 26.2. The molecule has 0 spiro atoms. The molecule has 0 aliphatic rings. The third-order valence-electron chi connectivity index (χ3n) is 5.13. The Morgan fingerprint density at radius 3 is 2.39 bits per heavy atom. The fourth-order valence-corrected chi connectivity index (χ4v) is 4.03. The van der Waals surface area contributed by atoms with Gasteiger partial charge in [-0.25, -0.2) is 18.4 Å². The average Bonchev–Trinajstić information content (AvgIpc) is 3.25. The van der Waals surface area contributed by atoms with Gasteiger partial charge in [-0.05, 0) is 42.0 Å². The van der Waals surface area contributed by atoms with E-state index in [0.29, 0.717) is 23.0 Å². The Kier molecular flexibility index (Phi) is 6.90. The van der Waals surface area contributed by atoms with Crippen LogP contribution in [0.2, 0.25) is 10.0 Å². The molecule has 0 bridgehead atoms. The predicted octanol–water partition coefficient (Wildman–Crippen LogP) is 4.17. The summed E-state index contributed by atoms with van der Waals surface area (Å²) in [6.07, 6.45) is -1.48. The van der Waals surface area contributed by atoms with Crippen LogP contribution < -0.4 is 4.90 Å². The van der Waals surface area contributed by atoms with Crippen LogP contribution in [0.15, 0.2) is 67.0 Å². The van der Waals surface area contributed by atoms with Crippen molar-refractivity contribution in [3.63, 3.8) is 0 Å². The third-order valence-corrected chi connectivity index (χ3v) is 5.78. The number of aromatic nitrogens is 2. The first-order chi connectivity index (χ1) is 17.0. The number of carbonyl (C=O) groups excluding carboxylic acids is 2. The zero-order valence-corrected chi connectivity index (χ0v) is 19.5. The first-order valence-corrected chi connectivity index (χ1v) is 10.8. The summed E-state index contributed by atoms with van der Waals surface area (Å²) in [7, 11) is 0. The lowest BCUT2D eigenvalue weighted by Crippen LogP contribution is -2.53. The number of anilines is 1. The maximum Gasteiger partial charge on any atom is 0.376 e. The van der Waals surface area contributed by atoms with Crippen molar-refractivity contribution in [2.75, 3.05) is 4.90 Å². The first kappa shape index (κ1) is 25.4. The molecular weight excluding hydrogens is 519 g/mol. The lowest BCUT2D eigenvalue weighted by molar-refractivity contribution is -0.304. The van der Waals surface area contributed by atoms with E-state index in [1.165, 1.54) is 42.5 Å². The normalized spacial score (nSPS) is 11.4. The van der Waals surface area contributed by atoms with Crippen LogP contribution in [0.3, 0.4) is 0 Å². The molecule has 0 saturated heterocycles. The maximum atomic E-state index is 14.5. The van der Waals surface area contributed by atoms with Gasteiger partial charge in [0, 0.05) is 16.1 Å². The van der Waals surface area contributed by atoms with E-state index in [2.05, 4.69) is 5.10 Å². The van der Waals surface area contributed by atoms with Crippen LogP contribution in [-0.2, 0) is 0 Å². The Balaban J connectivity index is 1.97. The van der Waals surface area contributed by atoms with Crippen molar-refractivity contribution >= 4 is 41.1 Å². The van der Waals surface area contributed by atoms with Gasteiger partial charge in [0.2, 0.25) is 0 Å². The Morgan fingerprint density at radius 1 is 1.03 bits per heavy atom. The number of benzene rings is 3. The summed E-state index contributed by atoms with van der Waals surface area (Å²) in [4.78, 5) is 24.6. The highest BCUT2D eigenvalue weighted by Gasteiger charge is 2.39. The molecule has 0 aliphatic heterocycles. The molecule has 0 aliphatic carbocycles. The van der Waals surface area contributed by atoms with Gasteiger partial charge in [0.05, 0.1) is 34.4 Å². The molecule has 8 nitrogen and oxygen atoms in total. The van der Waals surface area contributed by atoms with Crippen LogP contribution in [0, 0.1) is 11.6 Å². The van der Waals surface area contributed by atoms with Crippen LogP contribution in [0.1, 0.15) is 20.7 Å². The molecule has 12 heteroatoms. The standard InChI is InChI=1S/C24H15Cl2F2N3O5/c25-17-6-4-13(12-32)8-16(17)14-5-7-20(21(9-14)30-11-15(27)10-29-30)31(24(34,35)36)23(33)22-18(26)2-1-3-19(22)28/h1-12,34-36H. The molecule has 3 N–H and O–H groups in total. The molecule has 184 valence electrons. The van der Waals surface area contributed by atoms with Gasteiger partial charge in [-0.15, -0.1) is 0 Å². The number of hydrogen-bond acceptors (Lipinski definition) is 6.